The zero-order chi connectivity index (χ0) is 15.2. The minimum Gasteiger partial charge on any atom is -0.496 e. The number of hydrogen-bond acceptors (Lipinski definition) is 3. The highest BCUT2D eigenvalue weighted by molar-refractivity contribution is 5.36. The summed E-state index contributed by atoms with van der Waals surface area (Å²) in [5.41, 5.74) is 1.27. The number of likely N-dealkylation sites (tertiary alicyclic amines) is 1. The van der Waals surface area contributed by atoms with Gasteiger partial charge in [0.2, 0.25) is 0 Å². The molecule has 3 heteroatoms. The Morgan fingerprint density at radius 2 is 2.05 bits per heavy atom. The molecule has 2 rings (SSSR count). The Kier molecular flexibility index (Phi) is 6.07. The third-order valence-corrected chi connectivity index (χ3v) is 4.78. The Morgan fingerprint density at radius 3 is 2.71 bits per heavy atom. The smallest absolute Gasteiger partial charge is 0.123 e. The van der Waals surface area contributed by atoms with E-state index in [1.165, 1.54) is 24.8 Å². The summed E-state index contributed by atoms with van der Waals surface area (Å²) in [6.07, 6.45) is 3.90. The molecule has 0 aromatic heterocycles. The van der Waals surface area contributed by atoms with E-state index < -0.39 is 0 Å². The second kappa shape index (κ2) is 7.81. The van der Waals surface area contributed by atoms with Gasteiger partial charge in [0.15, 0.2) is 0 Å². The zero-order valence-electron chi connectivity index (χ0n) is 13.9. The molecular weight excluding hydrogens is 260 g/mol. The van der Waals surface area contributed by atoms with Gasteiger partial charge in [-0.25, -0.2) is 0 Å². The normalized spacial score (nSPS) is 24.2. The van der Waals surface area contributed by atoms with E-state index in [-0.39, 0.29) is 0 Å². The van der Waals surface area contributed by atoms with Crippen LogP contribution >= 0.6 is 0 Å². The summed E-state index contributed by atoms with van der Waals surface area (Å²) in [6, 6.07) is 10.1. The SMILES string of the molecule is CCNC(CN1C(C)CCC1CC)c1ccccc1OC. The fourth-order valence-corrected chi connectivity index (χ4v) is 3.58. The second-order valence-electron chi connectivity index (χ2n) is 6.04. The van der Waals surface area contributed by atoms with E-state index in [9.17, 15) is 0 Å². The van der Waals surface area contributed by atoms with Crippen molar-refractivity contribution in [3.8, 4) is 5.75 Å². The number of nitrogens with zero attached hydrogens (tertiary/aromatic N) is 1. The van der Waals surface area contributed by atoms with E-state index in [0.717, 1.165) is 24.9 Å². The van der Waals surface area contributed by atoms with Crippen LogP contribution in [0.4, 0.5) is 0 Å². The van der Waals surface area contributed by atoms with Gasteiger partial charge in [0.1, 0.15) is 5.75 Å². The van der Waals surface area contributed by atoms with Gasteiger partial charge in [-0.2, -0.15) is 0 Å². The molecule has 0 saturated carbocycles. The summed E-state index contributed by atoms with van der Waals surface area (Å²) in [5.74, 6) is 0.989. The Morgan fingerprint density at radius 1 is 1.29 bits per heavy atom. The number of rotatable bonds is 7. The lowest BCUT2D eigenvalue weighted by Gasteiger charge is -2.32. The topological polar surface area (TPSA) is 24.5 Å². The summed E-state index contributed by atoms with van der Waals surface area (Å²) in [5, 5.41) is 3.64. The molecule has 0 radical (unpaired) electrons. The van der Waals surface area contributed by atoms with Crippen molar-refractivity contribution in [1.29, 1.82) is 0 Å². The number of hydrogen-bond donors (Lipinski definition) is 1. The van der Waals surface area contributed by atoms with E-state index in [1.54, 1.807) is 7.11 Å². The molecule has 3 nitrogen and oxygen atoms in total. The van der Waals surface area contributed by atoms with Crippen molar-refractivity contribution in [3.63, 3.8) is 0 Å². The molecule has 21 heavy (non-hydrogen) atoms. The largest absolute Gasteiger partial charge is 0.496 e. The van der Waals surface area contributed by atoms with Crippen LogP contribution in [0.5, 0.6) is 5.75 Å². The maximum Gasteiger partial charge on any atom is 0.123 e. The lowest BCUT2D eigenvalue weighted by molar-refractivity contribution is 0.176. The Hall–Kier alpha value is -1.06. The van der Waals surface area contributed by atoms with Crippen LogP contribution in [0.25, 0.3) is 0 Å². The second-order valence-corrected chi connectivity index (χ2v) is 6.04. The van der Waals surface area contributed by atoms with Crippen molar-refractivity contribution in [3.05, 3.63) is 29.8 Å². The van der Waals surface area contributed by atoms with Gasteiger partial charge >= 0.3 is 0 Å². The van der Waals surface area contributed by atoms with Gasteiger partial charge in [0, 0.05) is 30.2 Å². The summed E-state index contributed by atoms with van der Waals surface area (Å²) < 4.78 is 5.56. The first-order valence-corrected chi connectivity index (χ1v) is 8.33. The van der Waals surface area contributed by atoms with Crippen LogP contribution in [-0.4, -0.2) is 37.2 Å². The van der Waals surface area contributed by atoms with Crippen molar-refractivity contribution in [2.45, 2.75) is 58.2 Å². The molecule has 1 heterocycles. The predicted octanol–water partition coefficient (Wildman–Crippen LogP) is 3.61. The summed E-state index contributed by atoms with van der Waals surface area (Å²) >= 11 is 0. The number of nitrogens with one attached hydrogen (secondary N) is 1. The van der Waals surface area contributed by atoms with Gasteiger partial charge in [0.05, 0.1) is 7.11 Å². The number of methoxy groups -OCH3 is 1. The van der Waals surface area contributed by atoms with Gasteiger partial charge < -0.3 is 10.1 Å². The highest BCUT2D eigenvalue weighted by atomic mass is 16.5. The molecule has 3 unspecified atom stereocenters. The summed E-state index contributed by atoms with van der Waals surface area (Å²) in [7, 11) is 1.76. The third-order valence-electron chi connectivity index (χ3n) is 4.78. The predicted molar refractivity (Wildman–Crippen MR) is 88.9 cm³/mol. The van der Waals surface area contributed by atoms with Crippen LogP contribution in [0.15, 0.2) is 24.3 Å². The molecular formula is C18H30N2O. The van der Waals surface area contributed by atoms with Gasteiger partial charge in [-0.15, -0.1) is 0 Å². The molecule has 1 N–H and O–H groups in total. The molecule has 118 valence electrons. The molecule has 1 aliphatic rings. The Balaban J connectivity index is 2.18. The zero-order valence-corrected chi connectivity index (χ0v) is 13.9. The molecule has 1 aromatic rings. The van der Waals surface area contributed by atoms with Crippen molar-refractivity contribution in [2.75, 3.05) is 20.2 Å². The minimum atomic E-state index is 0.334. The van der Waals surface area contributed by atoms with E-state index in [4.69, 9.17) is 4.74 Å². The molecule has 0 spiro atoms. The van der Waals surface area contributed by atoms with E-state index in [0.29, 0.717) is 12.1 Å². The number of likely N-dealkylation sites (N-methyl/N-ethyl adjacent to an activating group) is 1. The Labute approximate surface area is 129 Å². The van der Waals surface area contributed by atoms with Crippen LogP contribution in [0.1, 0.15) is 51.6 Å². The van der Waals surface area contributed by atoms with Gasteiger partial charge in [-0.1, -0.05) is 32.0 Å². The standard InChI is InChI=1S/C18H30N2O/c1-5-15-12-11-14(3)20(15)13-17(19-6-2)16-9-7-8-10-18(16)21-4/h7-10,14-15,17,19H,5-6,11-13H2,1-4H3. The highest BCUT2D eigenvalue weighted by Crippen LogP contribution is 2.31. The number of para-hydroxylation sites is 1. The van der Waals surface area contributed by atoms with Gasteiger partial charge in [-0.05, 0) is 38.8 Å². The fourth-order valence-electron chi connectivity index (χ4n) is 3.58. The summed E-state index contributed by atoms with van der Waals surface area (Å²) in [4.78, 5) is 2.68. The maximum atomic E-state index is 5.56. The van der Waals surface area contributed by atoms with Crippen LogP contribution in [0.2, 0.25) is 0 Å². The molecule has 1 fully saturated rings. The van der Waals surface area contributed by atoms with E-state index in [2.05, 4.69) is 49.2 Å². The van der Waals surface area contributed by atoms with Crippen molar-refractivity contribution in [2.24, 2.45) is 0 Å². The molecule has 1 aromatic carbocycles. The minimum absolute atomic E-state index is 0.334. The number of benzene rings is 1. The molecule has 0 bridgehead atoms. The van der Waals surface area contributed by atoms with Gasteiger partial charge in [-0.3, -0.25) is 4.90 Å². The summed E-state index contributed by atoms with van der Waals surface area (Å²) in [6.45, 7) is 8.88. The third kappa shape index (κ3) is 3.78. The van der Waals surface area contributed by atoms with Gasteiger partial charge in [0.25, 0.3) is 0 Å². The lowest BCUT2D eigenvalue weighted by Crippen LogP contribution is -2.41. The van der Waals surface area contributed by atoms with Crippen LogP contribution in [0, 0.1) is 0 Å². The van der Waals surface area contributed by atoms with Crippen molar-refractivity contribution < 1.29 is 4.74 Å². The number of ether oxygens (including phenoxy) is 1. The molecule has 1 saturated heterocycles. The average Bonchev–Trinajstić information content (AvgIpc) is 2.87. The van der Waals surface area contributed by atoms with E-state index in [1.807, 2.05) is 6.07 Å². The first kappa shape index (κ1) is 16.3. The fraction of sp³-hybridized carbons (Fsp3) is 0.667. The molecule has 1 aliphatic heterocycles. The maximum absolute atomic E-state index is 5.56. The lowest BCUT2D eigenvalue weighted by atomic mass is 10.0. The average molecular weight is 290 g/mol. The monoisotopic (exact) mass is 290 g/mol. The van der Waals surface area contributed by atoms with Crippen LogP contribution in [-0.2, 0) is 0 Å². The first-order valence-electron chi connectivity index (χ1n) is 8.33. The van der Waals surface area contributed by atoms with E-state index >= 15 is 0 Å². The quantitative estimate of drug-likeness (QED) is 0.830. The molecule has 0 amide bonds. The van der Waals surface area contributed by atoms with Crippen molar-refractivity contribution >= 4 is 0 Å². The van der Waals surface area contributed by atoms with Crippen molar-refractivity contribution in [1.82, 2.24) is 10.2 Å². The van der Waals surface area contributed by atoms with Crippen LogP contribution in [0.3, 0.4) is 0 Å². The molecule has 3 atom stereocenters. The Bertz CT molecular complexity index is 435. The first-order chi connectivity index (χ1) is 10.2. The molecule has 0 aliphatic carbocycles. The van der Waals surface area contributed by atoms with Crippen LogP contribution < -0.4 is 10.1 Å². The highest BCUT2D eigenvalue weighted by Gasteiger charge is 2.31.